The maximum absolute atomic E-state index is 12.3. The van der Waals surface area contributed by atoms with Gasteiger partial charge in [0, 0.05) is 57.3 Å². The van der Waals surface area contributed by atoms with Crippen LogP contribution in [0.1, 0.15) is 12.5 Å². The van der Waals surface area contributed by atoms with Crippen molar-refractivity contribution < 1.29 is 8.42 Å². The number of nitrogens with zero attached hydrogens (tertiary/aromatic N) is 4. The lowest BCUT2D eigenvalue weighted by molar-refractivity contribution is 0.372. The summed E-state index contributed by atoms with van der Waals surface area (Å²) in [6, 6.07) is 11.7. The van der Waals surface area contributed by atoms with Crippen molar-refractivity contribution in [3.8, 4) is 0 Å². The Labute approximate surface area is 202 Å². The first-order valence-electron chi connectivity index (χ1n) is 10.2. The highest BCUT2D eigenvalue weighted by Crippen LogP contribution is 2.17. The minimum atomic E-state index is -3.56. The molecule has 8 nitrogen and oxygen atoms in total. The summed E-state index contributed by atoms with van der Waals surface area (Å²) in [5, 5.41) is 3.32. The summed E-state index contributed by atoms with van der Waals surface area (Å²) in [4.78, 5) is 13.2. The molecule has 0 atom stereocenters. The minimum absolute atomic E-state index is 0. The van der Waals surface area contributed by atoms with Gasteiger partial charge in [0.2, 0.25) is 10.0 Å². The summed E-state index contributed by atoms with van der Waals surface area (Å²) in [5.41, 5.74) is 2.51. The fourth-order valence-corrected chi connectivity index (χ4v) is 4.34. The second kappa shape index (κ2) is 12.2. The molecule has 1 aromatic heterocycles. The molecule has 170 valence electrons. The molecule has 0 radical (unpaired) electrons. The molecule has 0 aliphatic carbocycles. The zero-order chi connectivity index (χ0) is 21.4. The molecule has 31 heavy (non-hydrogen) atoms. The van der Waals surface area contributed by atoms with Crippen LogP contribution in [0.4, 0.5) is 5.69 Å². The monoisotopic (exact) mass is 558 g/mol. The van der Waals surface area contributed by atoms with Crippen LogP contribution in [0.15, 0.2) is 58.7 Å². The number of hydrogen-bond acceptors (Lipinski definition) is 5. The van der Waals surface area contributed by atoms with E-state index in [2.05, 4.69) is 61.0 Å². The highest BCUT2D eigenvalue weighted by atomic mass is 127. The third kappa shape index (κ3) is 7.32. The Morgan fingerprint density at radius 1 is 1.16 bits per heavy atom. The molecule has 2 N–H and O–H groups in total. The SMILES string of the molecule is CCNC(=NCCNS(=O)(=O)c1cccnc1)N1CCN(c2cccc(C)c2)CC1.I. The van der Waals surface area contributed by atoms with Gasteiger partial charge in [-0.15, -0.1) is 24.0 Å². The molecule has 1 aliphatic heterocycles. The van der Waals surface area contributed by atoms with E-state index in [1.54, 1.807) is 12.3 Å². The Hall–Kier alpha value is -1.92. The lowest BCUT2D eigenvalue weighted by Crippen LogP contribution is -2.52. The molecule has 2 heterocycles. The van der Waals surface area contributed by atoms with E-state index in [1.807, 2.05) is 6.92 Å². The maximum Gasteiger partial charge on any atom is 0.242 e. The standard InChI is InChI=1S/C21H30N6O2S.HI/c1-3-23-21(24-10-11-25-30(28,29)20-8-5-9-22-17-20)27-14-12-26(13-15-27)19-7-4-6-18(2)16-19;/h4-9,16-17,25H,3,10-15H2,1-2H3,(H,23,24);1H. The molecule has 0 amide bonds. The number of aliphatic imine (C=N–C) groups is 1. The summed E-state index contributed by atoms with van der Waals surface area (Å²) >= 11 is 0. The number of hydrogen-bond donors (Lipinski definition) is 2. The van der Waals surface area contributed by atoms with Crippen LogP contribution >= 0.6 is 24.0 Å². The zero-order valence-corrected chi connectivity index (χ0v) is 21.1. The number of guanidine groups is 1. The molecule has 1 aromatic carbocycles. The Morgan fingerprint density at radius 3 is 2.58 bits per heavy atom. The topological polar surface area (TPSA) is 89.9 Å². The number of aryl methyl sites for hydroxylation is 1. The Balaban J connectivity index is 0.00000341. The van der Waals surface area contributed by atoms with Crippen molar-refractivity contribution in [1.29, 1.82) is 0 Å². The van der Waals surface area contributed by atoms with E-state index in [0.29, 0.717) is 6.54 Å². The van der Waals surface area contributed by atoms with Crippen LogP contribution in [0.2, 0.25) is 0 Å². The van der Waals surface area contributed by atoms with E-state index < -0.39 is 10.0 Å². The van der Waals surface area contributed by atoms with Gasteiger partial charge in [-0.3, -0.25) is 9.98 Å². The van der Waals surface area contributed by atoms with Gasteiger partial charge in [0.25, 0.3) is 0 Å². The Kier molecular flexibility index (Phi) is 9.97. The van der Waals surface area contributed by atoms with Crippen LogP contribution in [0.5, 0.6) is 0 Å². The summed E-state index contributed by atoms with van der Waals surface area (Å²) in [5.74, 6) is 0.821. The third-order valence-corrected chi connectivity index (χ3v) is 6.34. The summed E-state index contributed by atoms with van der Waals surface area (Å²) in [6.07, 6.45) is 2.88. The van der Waals surface area contributed by atoms with Crippen LogP contribution in [0.25, 0.3) is 0 Å². The molecule has 0 spiro atoms. The van der Waals surface area contributed by atoms with E-state index in [0.717, 1.165) is 38.7 Å². The molecule has 0 bridgehead atoms. The number of anilines is 1. The normalized spacial score (nSPS) is 14.8. The van der Waals surface area contributed by atoms with E-state index in [4.69, 9.17) is 0 Å². The van der Waals surface area contributed by atoms with Gasteiger partial charge in [0.1, 0.15) is 4.90 Å². The van der Waals surface area contributed by atoms with Crippen molar-refractivity contribution in [2.45, 2.75) is 18.7 Å². The van der Waals surface area contributed by atoms with E-state index >= 15 is 0 Å². The molecular weight excluding hydrogens is 527 g/mol. The first-order chi connectivity index (χ1) is 14.5. The molecular formula is C21H31IN6O2S. The van der Waals surface area contributed by atoms with Crippen molar-refractivity contribution in [2.24, 2.45) is 4.99 Å². The fourth-order valence-electron chi connectivity index (χ4n) is 3.36. The lowest BCUT2D eigenvalue weighted by atomic mass is 10.2. The van der Waals surface area contributed by atoms with Crippen molar-refractivity contribution in [3.05, 3.63) is 54.4 Å². The van der Waals surface area contributed by atoms with Gasteiger partial charge in [0.15, 0.2) is 5.96 Å². The number of aromatic nitrogens is 1. The zero-order valence-electron chi connectivity index (χ0n) is 18.0. The average Bonchev–Trinajstić information content (AvgIpc) is 2.77. The summed E-state index contributed by atoms with van der Waals surface area (Å²) in [7, 11) is -3.56. The van der Waals surface area contributed by atoms with Gasteiger partial charge >= 0.3 is 0 Å². The first-order valence-corrected chi connectivity index (χ1v) is 11.7. The van der Waals surface area contributed by atoms with Crippen LogP contribution in [0, 0.1) is 6.92 Å². The number of halogens is 1. The second-order valence-electron chi connectivity index (χ2n) is 7.14. The molecule has 1 aliphatic rings. The molecule has 10 heteroatoms. The van der Waals surface area contributed by atoms with Gasteiger partial charge in [-0.05, 0) is 43.7 Å². The van der Waals surface area contributed by atoms with E-state index in [-0.39, 0.29) is 35.4 Å². The predicted octanol–water partition coefficient (Wildman–Crippen LogP) is 2.07. The molecule has 1 fully saturated rings. The van der Waals surface area contributed by atoms with Crippen molar-refractivity contribution >= 4 is 45.6 Å². The number of piperazine rings is 1. The number of rotatable bonds is 7. The van der Waals surface area contributed by atoms with Crippen molar-refractivity contribution in [2.75, 3.05) is 50.7 Å². The Morgan fingerprint density at radius 2 is 1.94 bits per heavy atom. The van der Waals surface area contributed by atoms with Crippen LogP contribution in [0.3, 0.4) is 0 Å². The van der Waals surface area contributed by atoms with E-state index in [9.17, 15) is 8.42 Å². The van der Waals surface area contributed by atoms with Gasteiger partial charge in [-0.1, -0.05) is 12.1 Å². The predicted molar refractivity (Wildman–Crippen MR) is 136 cm³/mol. The Bertz CT molecular complexity index is 947. The van der Waals surface area contributed by atoms with Gasteiger partial charge in [0.05, 0.1) is 6.54 Å². The van der Waals surface area contributed by atoms with Crippen molar-refractivity contribution in [1.82, 2.24) is 19.9 Å². The number of benzene rings is 1. The number of pyridine rings is 1. The highest BCUT2D eigenvalue weighted by molar-refractivity contribution is 14.0. The quantitative estimate of drug-likeness (QED) is 0.234. The molecule has 0 unspecified atom stereocenters. The third-order valence-electron chi connectivity index (χ3n) is 4.89. The van der Waals surface area contributed by atoms with Gasteiger partial charge in [-0.25, -0.2) is 13.1 Å². The second-order valence-corrected chi connectivity index (χ2v) is 8.90. The van der Waals surface area contributed by atoms with Gasteiger partial charge < -0.3 is 15.1 Å². The summed E-state index contributed by atoms with van der Waals surface area (Å²) in [6.45, 7) is 9.06. The van der Waals surface area contributed by atoms with E-state index in [1.165, 1.54) is 23.5 Å². The first kappa shape index (κ1) is 25.3. The van der Waals surface area contributed by atoms with Crippen molar-refractivity contribution in [3.63, 3.8) is 0 Å². The highest BCUT2D eigenvalue weighted by Gasteiger charge is 2.20. The molecule has 2 aromatic rings. The number of nitrogens with one attached hydrogen (secondary N) is 2. The largest absolute Gasteiger partial charge is 0.368 e. The van der Waals surface area contributed by atoms with Crippen LogP contribution < -0.4 is 14.9 Å². The molecule has 0 saturated carbocycles. The van der Waals surface area contributed by atoms with Crippen LogP contribution in [-0.2, 0) is 10.0 Å². The minimum Gasteiger partial charge on any atom is -0.368 e. The smallest absolute Gasteiger partial charge is 0.242 e. The van der Waals surface area contributed by atoms with Gasteiger partial charge in [-0.2, -0.15) is 0 Å². The average molecular weight is 558 g/mol. The maximum atomic E-state index is 12.3. The fraction of sp³-hybridized carbons (Fsp3) is 0.429. The molecule has 3 rings (SSSR count). The van der Waals surface area contributed by atoms with Crippen LogP contribution in [-0.4, -0.2) is 70.1 Å². The number of sulfonamides is 1. The summed E-state index contributed by atoms with van der Waals surface area (Å²) < 4.78 is 27.1. The molecule has 1 saturated heterocycles. The lowest BCUT2D eigenvalue weighted by Gasteiger charge is -2.37.